The SMILES string of the molecule is CNCc1c(C)cc(N)cc1C.Cc1ccc2cc(Cn3cc(C(=O)O)c(C)n3)ccc2n1. The number of nitrogens with two attached hydrogens (primary N) is 1. The zero-order chi connectivity index (χ0) is 24.1. The molecular weight excluding hydrogens is 414 g/mol. The molecule has 4 N–H and O–H groups in total. The average molecular weight is 446 g/mol. The largest absolute Gasteiger partial charge is 0.478 e. The van der Waals surface area contributed by atoms with E-state index in [1.165, 1.54) is 16.7 Å². The van der Waals surface area contributed by atoms with Crippen molar-refractivity contribution >= 4 is 22.6 Å². The third-order valence-electron chi connectivity index (χ3n) is 5.49. The maximum atomic E-state index is 11.0. The molecule has 2 aromatic carbocycles. The summed E-state index contributed by atoms with van der Waals surface area (Å²) in [4.78, 5) is 15.5. The van der Waals surface area contributed by atoms with E-state index in [2.05, 4.69) is 35.3 Å². The number of nitrogens with one attached hydrogen (secondary N) is 1. The van der Waals surface area contributed by atoms with Crippen molar-refractivity contribution < 1.29 is 9.90 Å². The summed E-state index contributed by atoms with van der Waals surface area (Å²) in [5.74, 6) is -0.947. The molecule has 0 atom stereocenters. The third kappa shape index (κ3) is 5.96. The predicted octanol–water partition coefficient (Wildman–Crippen LogP) is 4.40. The molecule has 0 saturated carbocycles. The number of nitrogen functional groups attached to an aromatic ring is 1. The van der Waals surface area contributed by atoms with E-state index in [0.29, 0.717) is 12.2 Å². The van der Waals surface area contributed by atoms with Gasteiger partial charge in [0.15, 0.2) is 0 Å². The highest BCUT2D eigenvalue weighted by molar-refractivity contribution is 5.88. The molecule has 2 aromatic heterocycles. The van der Waals surface area contributed by atoms with Crippen LogP contribution in [0.4, 0.5) is 5.69 Å². The van der Waals surface area contributed by atoms with Crippen molar-refractivity contribution in [1.82, 2.24) is 20.1 Å². The van der Waals surface area contributed by atoms with Gasteiger partial charge in [-0.2, -0.15) is 5.10 Å². The number of aryl methyl sites for hydroxylation is 4. The Morgan fingerprint density at radius 1 is 1.06 bits per heavy atom. The molecule has 4 rings (SSSR count). The Hall–Kier alpha value is -3.71. The minimum absolute atomic E-state index is 0.244. The molecule has 0 aliphatic heterocycles. The summed E-state index contributed by atoms with van der Waals surface area (Å²) in [7, 11) is 1.95. The topological polar surface area (TPSA) is 106 Å². The number of pyridine rings is 1. The van der Waals surface area contributed by atoms with E-state index in [0.717, 1.165) is 34.4 Å². The fraction of sp³-hybridized carbons (Fsp3) is 0.269. The van der Waals surface area contributed by atoms with Crippen LogP contribution in [0, 0.1) is 27.7 Å². The number of aromatic nitrogens is 3. The number of carboxylic acids is 1. The van der Waals surface area contributed by atoms with E-state index in [9.17, 15) is 4.79 Å². The number of carbonyl (C=O) groups is 1. The number of anilines is 1. The summed E-state index contributed by atoms with van der Waals surface area (Å²) >= 11 is 0. The number of fused-ring (bicyclic) bond motifs is 1. The minimum Gasteiger partial charge on any atom is -0.478 e. The van der Waals surface area contributed by atoms with Crippen LogP contribution >= 0.6 is 0 Å². The Morgan fingerprint density at radius 2 is 1.76 bits per heavy atom. The van der Waals surface area contributed by atoms with Crippen LogP contribution in [0.15, 0.2) is 48.7 Å². The van der Waals surface area contributed by atoms with Gasteiger partial charge in [-0.05, 0) is 87.3 Å². The quantitative estimate of drug-likeness (QED) is 0.393. The summed E-state index contributed by atoms with van der Waals surface area (Å²) < 4.78 is 1.65. The van der Waals surface area contributed by atoms with Gasteiger partial charge in [-0.1, -0.05) is 12.1 Å². The van der Waals surface area contributed by atoms with Crippen molar-refractivity contribution in [3.05, 3.63) is 87.9 Å². The molecule has 0 unspecified atom stereocenters. The molecule has 172 valence electrons. The van der Waals surface area contributed by atoms with Crippen LogP contribution in [0.3, 0.4) is 0 Å². The molecule has 4 aromatic rings. The summed E-state index contributed by atoms with van der Waals surface area (Å²) in [6.07, 6.45) is 1.56. The summed E-state index contributed by atoms with van der Waals surface area (Å²) in [5.41, 5.74) is 14.2. The molecule has 0 spiro atoms. The predicted molar refractivity (Wildman–Crippen MR) is 133 cm³/mol. The van der Waals surface area contributed by atoms with Crippen LogP contribution in [0.5, 0.6) is 0 Å². The van der Waals surface area contributed by atoms with E-state index in [4.69, 9.17) is 10.8 Å². The highest BCUT2D eigenvalue weighted by Crippen LogP contribution is 2.18. The summed E-state index contributed by atoms with van der Waals surface area (Å²) in [6.45, 7) is 9.31. The Morgan fingerprint density at radius 3 is 2.36 bits per heavy atom. The molecule has 2 heterocycles. The van der Waals surface area contributed by atoms with Crippen LogP contribution in [0.1, 0.15) is 44.0 Å². The van der Waals surface area contributed by atoms with Gasteiger partial charge in [-0.25, -0.2) is 4.79 Å². The van der Waals surface area contributed by atoms with E-state index < -0.39 is 5.97 Å². The van der Waals surface area contributed by atoms with Crippen LogP contribution in [0.2, 0.25) is 0 Å². The van der Waals surface area contributed by atoms with Gasteiger partial charge in [-0.3, -0.25) is 9.67 Å². The zero-order valence-electron chi connectivity index (χ0n) is 19.8. The molecule has 7 nitrogen and oxygen atoms in total. The summed E-state index contributed by atoms with van der Waals surface area (Å²) in [5, 5.41) is 17.5. The Labute approximate surface area is 194 Å². The second-order valence-electron chi connectivity index (χ2n) is 8.27. The van der Waals surface area contributed by atoms with Gasteiger partial charge < -0.3 is 16.2 Å². The fourth-order valence-electron chi connectivity index (χ4n) is 3.85. The number of aromatic carboxylic acids is 1. The number of benzene rings is 2. The lowest BCUT2D eigenvalue weighted by Gasteiger charge is -2.09. The number of hydrogen-bond acceptors (Lipinski definition) is 5. The van der Waals surface area contributed by atoms with Gasteiger partial charge in [0.1, 0.15) is 5.56 Å². The number of carboxylic acid groups (broad SMARTS) is 1. The Bertz CT molecular complexity index is 1270. The third-order valence-corrected chi connectivity index (χ3v) is 5.49. The molecule has 0 radical (unpaired) electrons. The second-order valence-corrected chi connectivity index (χ2v) is 8.27. The molecule has 0 bridgehead atoms. The first-order chi connectivity index (χ1) is 15.7. The van der Waals surface area contributed by atoms with Crippen LogP contribution in [0.25, 0.3) is 10.9 Å². The fourth-order valence-corrected chi connectivity index (χ4v) is 3.85. The van der Waals surface area contributed by atoms with Crippen molar-refractivity contribution in [3.8, 4) is 0 Å². The average Bonchev–Trinajstić information content (AvgIpc) is 3.11. The lowest BCUT2D eigenvalue weighted by atomic mass is 10.0. The second kappa shape index (κ2) is 10.3. The Balaban J connectivity index is 0.000000218. The lowest BCUT2D eigenvalue weighted by molar-refractivity contribution is 0.0696. The van der Waals surface area contributed by atoms with Gasteiger partial charge in [0, 0.05) is 29.5 Å². The first kappa shape index (κ1) is 23.9. The number of rotatable bonds is 5. The van der Waals surface area contributed by atoms with Crippen molar-refractivity contribution in [2.24, 2.45) is 0 Å². The molecular formula is C26H31N5O2. The highest BCUT2D eigenvalue weighted by Gasteiger charge is 2.12. The van der Waals surface area contributed by atoms with E-state index in [1.54, 1.807) is 17.8 Å². The van der Waals surface area contributed by atoms with Crippen molar-refractivity contribution in [2.75, 3.05) is 12.8 Å². The molecule has 0 fully saturated rings. The molecule has 0 aliphatic carbocycles. The lowest BCUT2D eigenvalue weighted by Crippen LogP contribution is -2.08. The zero-order valence-corrected chi connectivity index (χ0v) is 19.8. The van der Waals surface area contributed by atoms with E-state index >= 15 is 0 Å². The van der Waals surface area contributed by atoms with Gasteiger partial charge in [-0.15, -0.1) is 0 Å². The molecule has 7 heteroatoms. The van der Waals surface area contributed by atoms with Crippen LogP contribution in [-0.4, -0.2) is 32.9 Å². The van der Waals surface area contributed by atoms with Crippen LogP contribution in [-0.2, 0) is 13.1 Å². The summed E-state index contributed by atoms with van der Waals surface area (Å²) in [6, 6.07) is 14.1. The van der Waals surface area contributed by atoms with E-state index in [1.807, 2.05) is 50.4 Å². The number of nitrogens with zero attached hydrogens (tertiary/aromatic N) is 3. The standard InChI is InChI=1S/C16H15N3O2.C10H16N2/c1-10-3-5-13-7-12(4-6-15(13)17-10)8-19-9-14(16(20)21)11(2)18-19;1-7-4-9(11)5-8(2)10(7)6-12-3/h3-7,9H,8H2,1-2H3,(H,20,21);4-5,12H,6,11H2,1-3H3. The van der Waals surface area contributed by atoms with Crippen LogP contribution < -0.4 is 11.1 Å². The highest BCUT2D eigenvalue weighted by atomic mass is 16.4. The van der Waals surface area contributed by atoms with Crippen molar-refractivity contribution in [1.29, 1.82) is 0 Å². The first-order valence-corrected chi connectivity index (χ1v) is 10.8. The van der Waals surface area contributed by atoms with E-state index in [-0.39, 0.29) is 5.56 Å². The number of hydrogen-bond donors (Lipinski definition) is 3. The minimum atomic E-state index is -0.947. The Kier molecular flexibility index (Phi) is 7.45. The molecule has 0 amide bonds. The van der Waals surface area contributed by atoms with Crippen molar-refractivity contribution in [3.63, 3.8) is 0 Å². The van der Waals surface area contributed by atoms with Gasteiger partial charge in [0.25, 0.3) is 0 Å². The van der Waals surface area contributed by atoms with Gasteiger partial charge in [0.05, 0.1) is 17.8 Å². The normalized spacial score (nSPS) is 10.7. The molecule has 33 heavy (non-hydrogen) atoms. The monoisotopic (exact) mass is 445 g/mol. The molecule has 0 aliphatic rings. The maximum absolute atomic E-state index is 11.0. The first-order valence-electron chi connectivity index (χ1n) is 10.8. The van der Waals surface area contributed by atoms with Gasteiger partial charge >= 0.3 is 5.97 Å². The smallest absolute Gasteiger partial charge is 0.339 e. The maximum Gasteiger partial charge on any atom is 0.339 e. The van der Waals surface area contributed by atoms with Crippen molar-refractivity contribution in [2.45, 2.75) is 40.8 Å². The van der Waals surface area contributed by atoms with Gasteiger partial charge in [0.2, 0.25) is 0 Å². The molecule has 0 saturated heterocycles.